The van der Waals surface area contributed by atoms with E-state index in [2.05, 4.69) is 10.3 Å². The van der Waals surface area contributed by atoms with Crippen LogP contribution in [0.3, 0.4) is 0 Å². The van der Waals surface area contributed by atoms with Crippen molar-refractivity contribution in [2.75, 3.05) is 18.1 Å². The first kappa shape index (κ1) is 14.1. The first-order chi connectivity index (χ1) is 9.09. The number of nitrogens with zero attached hydrogens (tertiary/aromatic N) is 2. The molecule has 0 radical (unpaired) electrons. The Morgan fingerprint density at radius 1 is 1.68 bits per heavy atom. The molecule has 102 valence electrons. The SMILES string of the molecule is O=C(NCC1CCSC1)c1ccnc(Cl)c1[N+](=O)[O-]. The first-order valence-electron chi connectivity index (χ1n) is 5.74. The third kappa shape index (κ3) is 3.36. The van der Waals surface area contributed by atoms with E-state index >= 15 is 0 Å². The fourth-order valence-electron chi connectivity index (χ4n) is 1.86. The highest BCUT2D eigenvalue weighted by molar-refractivity contribution is 7.99. The van der Waals surface area contributed by atoms with Gasteiger partial charge < -0.3 is 5.32 Å². The maximum Gasteiger partial charge on any atom is 0.319 e. The van der Waals surface area contributed by atoms with Crippen molar-refractivity contribution in [2.24, 2.45) is 5.92 Å². The van der Waals surface area contributed by atoms with E-state index in [1.165, 1.54) is 12.3 Å². The summed E-state index contributed by atoms with van der Waals surface area (Å²) in [6.07, 6.45) is 2.35. The van der Waals surface area contributed by atoms with E-state index < -0.39 is 16.5 Å². The van der Waals surface area contributed by atoms with Crippen molar-refractivity contribution in [3.8, 4) is 0 Å². The Bertz CT molecular complexity index is 506. The Labute approximate surface area is 119 Å². The number of hydrogen-bond donors (Lipinski definition) is 1. The Kier molecular flexibility index (Phi) is 4.60. The van der Waals surface area contributed by atoms with Crippen LogP contribution in [0.15, 0.2) is 12.3 Å². The van der Waals surface area contributed by atoms with Crippen molar-refractivity contribution in [3.05, 3.63) is 33.1 Å². The predicted octanol–water partition coefficient (Wildman–Crippen LogP) is 2.13. The van der Waals surface area contributed by atoms with Crippen LogP contribution >= 0.6 is 23.4 Å². The lowest BCUT2D eigenvalue weighted by atomic mass is 10.1. The van der Waals surface area contributed by atoms with Gasteiger partial charge in [-0.2, -0.15) is 11.8 Å². The Morgan fingerprint density at radius 2 is 2.47 bits per heavy atom. The van der Waals surface area contributed by atoms with Gasteiger partial charge in [0.2, 0.25) is 5.15 Å². The van der Waals surface area contributed by atoms with Gasteiger partial charge in [-0.1, -0.05) is 11.6 Å². The van der Waals surface area contributed by atoms with E-state index in [9.17, 15) is 14.9 Å². The third-order valence-electron chi connectivity index (χ3n) is 2.88. The van der Waals surface area contributed by atoms with Crippen LogP contribution in [-0.4, -0.2) is 33.9 Å². The lowest BCUT2D eigenvalue weighted by Crippen LogP contribution is -2.29. The van der Waals surface area contributed by atoms with Gasteiger partial charge >= 0.3 is 5.69 Å². The summed E-state index contributed by atoms with van der Waals surface area (Å²) in [4.78, 5) is 25.8. The molecule has 1 aliphatic rings. The molecule has 1 aliphatic heterocycles. The highest BCUT2D eigenvalue weighted by Gasteiger charge is 2.25. The number of hydrogen-bond acceptors (Lipinski definition) is 5. The molecule has 19 heavy (non-hydrogen) atoms. The van der Waals surface area contributed by atoms with Gasteiger partial charge in [0, 0.05) is 12.7 Å². The Balaban J connectivity index is 2.10. The molecule has 2 rings (SSSR count). The van der Waals surface area contributed by atoms with Crippen molar-refractivity contribution in [3.63, 3.8) is 0 Å². The topological polar surface area (TPSA) is 85.1 Å². The van der Waals surface area contributed by atoms with E-state index in [4.69, 9.17) is 11.6 Å². The zero-order valence-electron chi connectivity index (χ0n) is 9.97. The van der Waals surface area contributed by atoms with Crippen molar-refractivity contribution in [1.29, 1.82) is 0 Å². The van der Waals surface area contributed by atoms with Gasteiger partial charge in [-0.15, -0.1) is 0 Å². The van der Waals surface area contributed by atoms with E-state index in [1.807, 2.05) is 11.8 Å². The van der Waals surface area contributed by atoms with Gasteiger partial charge in [-0.05, 0) is 29.9 Å². The van der Waals surface area contributed by atoms with Crippen LogP contribution in [0.25, 0.3) is 0 Å². The van der Waals surface area contributed by atoms with Gasteiger partial charge in [-0.25, -0.2) is 4.98 Å². The maximum absolute atomic E-state index is 12.0. The lowest BCUT2D eigenvalue weighted by Gasteiger charge is -2.10. The monoisotopic (exact) mass is 301 g/mol. The van der Waals surface area contributed by atoms with Gasteiger partial charge in [0.25, 0.3) is 5.91 Å². The summed E-state index contributed by atoms with van der Waals surface area (Å²) in [6.45, 7) is 0.531. The number of amides is 1. The predicted molar refractivity (Wildman–Crippen MR) is 73.7 cm³/mol. The van der Waals surface area contributed by atoms with Crippen molar-refractivity contribution in [2.45, 2.75) is 6.42 Å². The van der Waals surface area contributed by atoms with E-state index in [-0.39, 0.29) is 10.7 Å². The van der Waals surface area contributed by atoms with Crippen molar-refractivity contribution < 1.29 is 9.72 Å². The van der Waals surface area contributed by atoms with Crippen LogP contribution in [0.2, 0.25) is 5.15 Å². The minimum atomic E-state index is -0.685. The smallest absolute Gasteiger partial charge is 0.319 e. The average Bonchev–Trinajstić information content (AvgIpc) is 2.88. The van der Waals surface area contributed by atoms with Gasteiger partial charge in [0.1, 0.15) is 5.56 Å². The molecule has 1 amide bonds. The number of thioether (sulfide) groups is 1. The normalized spacial score (nSPS) is 18.3. The van der Waals surface area contributed by atoms with Crippen LogP contribution < -0.4 is 5.32 Å². The van der Waals surface area contributed by atoms with Crippen LogP contribution in [0.1, 0.15) is 16.8 Å². The molecule has 0 saturated carbocycles. The summed E-state index contributed by atoms with van der Waals surface area (Å²) in [5.74, 6) is 2.07. The zero-order chi connectivity index (χ0) is 13.8. The molecule has 0 aromatic carbocycles. The third-order valence-corrected chi connectivity index (χ3v) is 4.39. The van der Waals surface area contributed by atoms with Crippen molar-refractivity contribution >= 4 is 35.0 Å². The second-order valence-corrected chi connectivity index (χ2v) is 5.70. The quantitative estimate of drug-likeness (QED) is 0.523. The van der Waals surface area contributed by atoms with Crippen LogP contribution in [0.4, 0.5) is 5.69 Å². The van der Waals surface area contributed by atoms with Crippen LogP contribution in [-0.2, 0) is 0 Å². The second kappa shape index (κ2) is 6.21. The second-order valence-electron chi connectivity index (χ2n) is 4.19. The number of carbonyl (C=O) groups excluding carboxylic acids is 1. The van der Waals surface area contributed by atoms with Crippen molar-refractivity contribution in [1.82, 2.24) is 10.3 Å². The molecule has 2 heterocycles. The number of halogens is 1. The van der Waals surface area contributed by atoms with Gasteiger partial charge in [-0.3, -0.25) is 14.9 Å². The Morgan fingerprint density at radius 3 is 3.11 bits per heavy atom. The fraction of sp³-hybridized carbons (Fsp3) is 0.455. The highest BCUT2D eigenvalue weighted by Crippen LogP contribution is 2.26. The first-order valence-corrected chi connectivity index (χ1v) is 7.27. The van der Waals surface area contributed by atoms with Crippen LogP contribution in [0.5, 0.6) is 0 Å². The average molecular weight is 302 g/mol. The molecular weight excluding hydrogens is 290 g/mol. The zero-order valence-corrected chi connectivity index (χ0v) is 11.5. The summed E-state index contributed by atoms with van der Waals surface area (Å²) >= 11 is 7.51. The van der Waals surface area contributed by atoms with E-state index in [1.54, 1.807) is 0 Å². The van der Waals surface area contributed by atoms with E-state index in [0.29, 0.717) is 12.5 Å². The van der Waals surface area contributed by atoms with Gasteiger partial charge in [0.05, 0.1) is 4.92 Å². The summed E-state index contributed by atoms with van der Waals surface area (Å²) in [6, 6.07) is 1.31. The standard InChI is InChI=1S/C11H12ClN3O3S/c12-10-9(15(17)18)8(1-3-13-10)11(16)14-5-7-2-4-19-6-7/h1,3,7H,2,4-6H2,(H,14,16). The van der Waals surface area contributed by atoms with E-state index in [0.717, 1.165) is 17.9 Å². The number of pyridine rings is 1. The number of nitrogens with one attached hydrogen (secondary N) is 1. The molecule has 0 bridgehead atoms. The Hall–Kier alpha value is -1.34. The molecule has 1 atom stereocenters. The molecule has 1 aromatic rings. The largest absolute Gasteiger partial charge is 0.352 e. The molecule has 1 fully saturated rings. The number of nitro groups is 1. The molecule has 6 nitrogen and oxygen atoms in total. The number of carbonyl (C=O) groups is 1. The minimum absolute atomic E-state index is 0.0457. The van der Waals surface area contributed by atoms with Gasteiger partial charge in [0.15, 0.2) is 0 Å². The number of rotatable bonds is 4. The maximum atomic E-state index is 12.0. The summed E-state index contributed by atoms with van der Waals surface area (Å²) in [5, 5.41) is 13.4. The molecule has 1 unspecified atom stereocenters. The molecule has 1 N–H and O–H groups in total. The molecule has 0 aliphatic carbocycles. The highest BCUT2D eigenvalue weighted by atomic mass is 35.5. The van der Waals surface area contributed by atoms with Crippen LogP contribution in [0, 0.1) is 16.0 Å². The summed E-state index contributed by atoms with van der Waals surface area (Å²) in [5.41, 5.74) is -0.488. The molecule has 8 heteroatoms. The fourth-order valence-corrected chi connectivity index (χ4v) is 3.37. The molecular formula is C11H12ClN3O3S. The lowest BCUT2D eigenvalue weighted by molar-refractivity contribution is -0.385. The molecule has 0 spiro atoms. The number of aromatic nitrogens is 1. The summed E-state index contributed by atoms with van der Waals surface area (Å²) < 4.78 is 0. The molecule has 1 aromatic heterocycles. The minimum Gasteiger partial charge on any atom is -0.352 e. The molecule has 1 saturated heterocycles. The summed E-state index contributed by atoms with van der Waals surface area (Å²) in [7, 11) is 0.